The lowest BCUT2D eigenvalue weighted by Gasteiger charge is -2.48. The maximum absolute atomic E-state index is 9.60. The fourth-order valence-electron chi connectivity index (χ4n) is 1.63. The molecule has 1 heterocycles. The Labute approximate surface area is 86.5 Å². The number of aliphatic hydroxyl groups is 5. The largest absolute Gasteiger partial charge is 0.384 e. The van der Waals surface area contributed by atoms with Crippen molar-refractivity contribution in [2.24, 2.45) is 0 Å². The van der Waals surface area contributed by atoms with Crippen molar-refractivity contribution < 1.29 is 35.0 Å². The highest BCUT2D eigenvalue weighted by Crippen LogP contribution is 2.34. The number of ether oxygens (including phenoxy) is 2. The molecule has 15 heavy (non-hydrogen) atoms. The SMILES string of the molecule is COC[C@@]1(C)O[C@@H](O)[C@H](O)C(O)(O)[C@@H]1O. The highest BCUT2D eigenvalue weighted by atomic mass is 16.7. The van der Waals surface area contributed by atoms with Crippen molar-refractivity contribution in [2.75, 3.05) is 13.7 Å². The number of hydrogen-bond donors (Lipinski definition) is 5. The lowest BCUT2D eigenvalue weighted by atomic mass is 9.86. The molecule has 0 spiro atoms. The monoisotopic (exact) mass is 224 g/mol. The smallest absolute Gasteiger partial charge is 0.224 e. The van der Waals surface area contributed by atoms with E-state index < -0.39 is 29.9 Å². The van der Waals surface area contributed by atoms with Crippen LogP contribution in [-0.4, -0.2) is 69.1 Å². The van der Waals surface area contributed by atoms with Crippen LogP contribution in [0.2, 0.25) is 0 Å². The van der Waals surface area contributed by atoms with Crippen molar-refractivity contribution in [3.05, 3.63) is 0 Å². The lowest BCUT2D eigenvalue weighted by Crippen LogP contribution is -2.71. The summed E-state index contributed by atoms with van der Waals surface area (Å²) in [6.45, 7) is 1.16. The van der Waals surface area contributed by atoms with Gasteiger partial charge in [0.15, 0.2) is 12.4 Å². The van der Waals surface area contributed by atoms with Crippen LogP contribution in [0.25, 0.3) is 0 Å². The Morgan fingerprint density at radius 3 is 2.27 bits per heavy atom. The van der Waals surface area contributed by atoms with Crippen LogP contribution in [-0.2, 0) is 9.47 Å². The van der Waals surface area contributed by atoms with Crippen LogP contribution in [0, 0.1) is 0 Å². The highest BCUT2D eigenvalue weighted by Gasteiger charge is 2.59. The molecule has 1 rings (SSSR count). The fourth-order valence-corrected chi connectivity index (χ4v) is 1.63. The van der Waals surface area contributed by atoms with Crippen LogP contribution in [0.1, 0.15) is 6.92 Å². The van der Waals surface area contributed by atoms with Crippen LogP contribution in [0.5, 0.6) is 0 Å². The maximum atomic E-state index is 9.60. The number of rotatable bonds is 2. The molecule has 4 atom stereocenters. The van der Waals surface area contributed by atoms with Gasteiger partial charge in [-0.05, 0) is 6.92 Å². The third-order valence-corrected chi connectivity index (χ3v) is 2.51. The average Bonchev–Trinajstić information content (AvgIpc) is 2.13. The molecule has 0 bridgehead atoms. The first kappa shape index (κ1) is 12.8. The molecule has 7 nitrogen and oxygen atoms in total. The Bertz CT molecular complexity index is 231. The summed E-state index contributed by atoms with van der Waals surface area (Å²) >= 11 is 0. The molecule has 0 radical (unpaired) electrons. The van der Waals surface area contributed by atoms with Gasteiger partial charge in [-0.3, -0.25) is 0 Å². The van der Waals surface area contributed by atoms with Crippen LogP contribution >= 0.6 is 0 Å². The second-order valence-corrected chi connectivity index (χ2v) is 3.88. The van der Waals surface area contributed by atoms with Gasteiger partial charge in [-0.15, -0.1) is 0 Å². The van der Waals surface area contributed by atoms with Gasteiger partial charge < -0.3 is 35.0 Å². The Kier molecular flexibility index (Phi) is 3.36. The predicted molar refractivity (Wildman–Crippen MR) is 46.6 cm³/mol. The van der Waals surface area contributed by atoms with Gasteiger partial charge >= 0.3 is 0 Å². The quantitative estimate of drug-likeness (QED) is 0.320. The fraction of sp³-hybridized carbons (Fsp3) is 1.00. The van der Waals surface area contributed by atoms with Gasteiger partial charge in [-0.25, -0.2) is 0 Å². The van der Waals surface area contributed by atoms with E-state index in [9.17, 15) is 25.5 Å². The van der Waals surface area contributed by atoms with E-state index >= 15 is 0 Å². The molecule has 0 aromatic carbocycles. The molecule has 90 valence electrons. The highest BCUT2D eigenvalue weighted by molar-refractivity contribution is 5.01. The van der Waals surface area contributed by atoms with E-state index in [0.717, 1.165) is 0 Å². The van der Waals surface area contributed by atoms with E-state index in [4.69, 9.17) is 9.47 Å². The summed E-state index contributed by atoms with van der Waals surface area (Å²) in [6.07, 6.45) is -5.61. The second kappa shape index (κ2) is 3.95. The van der Waals surface area contributed by atoms with E-state index in [1.54, 1.807) is 0 Å². The van der Waals surface area contributed by atoms with Gasteiger partial charge in [0.1, 0.15) is 11.7 Å². The molecule has 1 aliphatic heterocycles. The summed E-state index contributed by atoms with van der Waals surface area (Å²) in [7, 11) is 1.33. The summed E-state index contributed by atoms with van der Waals surface area (Å²) < 4.78 is 9.62. The van der Waals surface area contributed by atoms with Crippen molar-refractivity contribution in [3.8, 4) is 0 Å². The van der Waals surface area contributed by atoms with Gasteiger partial charge in [0.2, 0.25) is 5.79 Å². The molecule has 1 fully saturated rings. The lowest BCUT2D eigenvalue weighted by molar-refractivity contribution is -0.404. The van der Waals surface area contributed by atoms with Gasteiger partial charge in [0.05, 0.1) is 6.61 Å². The first-order chi connectivity index (χ1) is 6.75. The van der Waals surface area contributed by atoms with Gasteiger partial charge in [-0.1, -0.05) is 0 Å². The molecule has 1 aliphatic rings. The first-order valence-corrected chi connectivity index (χ1v) is 4.41. The third-order valence-electron chi connectivity index (χ3n) is 2.51. The minimum atomic E-state index is -2.84. The Hall–Kier alpha value is -0.280. The standard InChI is InChI=1S/C8H16O7/c1-7(3-14-2)6(11)8(12,13)4(9)5(10)15-7/h4-6,9-13H,3H2,1-2H3/t4-,5+,6+,7+/m0/s1. The topological polar surface area (TPSA) is 120 Å². The molecule has 5 N–H and O–H groups in total. The summed E-state index contributed by atoms with van der Waals surface area (Å²) in [5, 5.41) is 46.8. The Morgan fingerprint density at radius 2 is 1.80 bits per heavy atom. The predicted octanol–water partition coefficient (Wildman–Crippen LogP) is -2.86. The molecular formula is C8H16O7. The number of hydrogen-bond acceptors (Lipinski definition) is 7. The zero-order valence-electron chi connectivity index (χ0n) is 8.49. The molecule has 1 saturated heterocycles. The number of aliphatic hydroxyl groups excluding tert-OH is 3. The van der Waals surface area contributed by atoms with Crippen LogP contribution in [0.4, 0.5) is 0 Å². The maximum Gasteiger partial charge on any atom is 0.224 e. The molecule has 0 aromatic heterocycles. The molecule has 0 aliphatic carbocycles. The summed E-state index contributed by atoms with van der Waals surface area (Å²) in [5.41, 5.74) is -1.50. The van der Waals surface area contributed by atoms with Crippen LogP contribution in [0.3, 0.4) is 0 Å². The first-order valence-electron chi connectivity index (χ1n) is 4.41. The van der Waals surface area contributed by atoms with E-state index in [1.807, 2.05) is 0 Å². The van der Waals surface area contributed by atoms with Crippen molar-refractivity contribution in [1.82, 2.24) is 0 Å². The Morgan fingerprint density at radius 1 is 1.27 bits per heavy atom. The molecule has 0 aromatic rings. The van der Waals surface area contributed by atoms with Gasteiger partial charge in [-0.2, -0.15) is 0 Å². The second-order valence-electron chi connectivity index (χ2n) is 3.88. The summed E-state index contributed by atoms with van der Waals surface area (Å²) in [6, 6.07) is 0. The van der Waals surface area contributed by atoms with Gasteiger partial charge in [0.25, 0.3) is 0 Å². The molecule has 7 heteroatoms. The zero-order valence-corrected chi connectivity index (χ0v) is 8.49. The van der Waals surface area contributed by atoms with Crippen LogP contribution in [0.15, 0.2) is 0 Å². The van der Waals surface area contributed by atoms with E-state index in [1.165, 1.54) is 14.0 Å². The zero-order chi connectivity index (χ0) is 11.9. The summed E-state index contributed by atoms with van der Waals surface area (Å²) in [4.78, 5) is 0. The van der Waals surface area contributed by atoms with Crippen molar-refractivity contribution in [1.29, 1.82) is 0 Å². The van der Waals surface area contributed by atoms with E-state index in [2.05, 4.69) is 0 Å². The molecule has 0 saturated carbocycles. The van der Waals surface area contributed by atoms with Crippen molar-refractivity contribution >= 4 is 0 Å². The summed E-state index contributed by atoms with van der Waals surface area (Å²) in [5.74, 6) is -2.84. The van der Waals surface area contributed by atoms with Crippen molar-refractivity contribution in [3.63, 3.8) is 0 Å². The van der Waals surface area contributed by atoms with Crippen LogP contribution < -0.4 is 0 Å². The minimum Gasteiger partial charge on any atom is -0.384 e. The molecular weight excluding hydrogens is 208 g/mol. The average molecular weight is 224 g/mol. The van der Waals surface area contributed by atoms with E-state index in [0.29, 0.717) is 0 Å². The normalized spacial score (nSPS) is 45.4. The van der Waals surface area contributed by atoms with E-state index in [-0.39, 0.29) is 6.61 Å². The van der Waals surface area contributed by atoms with Gasteiger partial charge in [0, 0.05) is 7.11 Å². The number of methoxy groups -OCH3 is 1. The molecule has 0 unspecified atom stereocenters. The van der Waals surface area contributed by atoms with Crippen molar-refractivity contribution in [2.45, 2.75) is 36.8 Å². The molecule has 0 amide bonds. The third kappa shape index (κ3) is 2.00. The Balaban J connectivity index is 2.95. The minimum absolute atomic E-state index is 0.166.